The van der Waals surface area contributed by atoms with Gasteiger partial charge in [-0.15, -0.1) is 0 Å². The van der Waals surface area contributed by atoms with Crippen LogP contribution < -0.4 is 0 Å². The van der Waals surface area contributed by atoms with Gasteiger partial charge in [0.15, 0.2) is 0 Å². The van der Waals surface area contributed by atoms with E-state index in [4.69, 9.17) is 0 Å². The van der Waals surface area contributed by atoms with Gasteiger partial charge in [-0.1, -0.05) is 0 Å². The van der Waals surface area contributed by atoms with Crippen molar-refractivity contribution in [1.29, 1.82) is 0 Å². The molecule has 1 aliphatic rings. The highest BCUT2D eigenvalue weighted by Gasteiger charge is 2.32. The van der Waals surface area contributed by atoms with E-state index in [-0.39, 0.29) is 0 Å². The Morgan fingerprint density at radius 3 is 0.375 bits per heavy atom. The maximum atomic E-state index is 12.5. The lowest BCUT2D eigenvalue weighted by molar-refractivity contribution is 0.398. The second kappa shape index (κ2) is 4.11. The van der Waals surface area contributed by atoms with Gasteiger partial charge >= 0.3 is 0 Å². The average Bonchev–Trinajstić information content (AvgIpc) is 2.30. The van der Waals surface area contributed by atoms with E-state index >= 15 is 0 Å². The van der Waals surface area contributed by atoms with Crippen LogP contribution in [-0.2, 0) is 0 Å². The van der Waals surface area contributed by atoms with E-state index in [1.807, 2.05) is 0 Å². The Balaban J connectivity index is 3.67. The molecule has 0 spiro atoms. The van der Waals surface area contributed by atoms with Gasteiger partial charge in [0.25, 0.3) is 0 Å². The third-order valence-corrected chi connectivity index (χ3v) is 1.54. The lowest BCUT2D eigenvalue weighted by Crippen LogP contribution is -1.97. The fraction of sp³-hybridized carbons (Fsp3) is 0. The fourth-order valence-corrected chi connectivity index (χ4v) is 0.771. The first kappa shape index (κ1) is 12.5. The van der Waals surface area contributed by atoms with Crippen LogP contribution in [-0.4, -0.2) is 0 Å². The zero-order chi connectivity index (χ0) is 12.6. The largest absolute Gasteiger partial charge is 0.200 e. The monoisotopic (exact) mass is 248 g/mol. The van der Waals surface area contributed by atoms with Crippen LogP contribution >= 0.6 is 0 Å². The quantitative estimate of drug-likeness (QED) is 0.549. The van der Waals surface area contributed by atoms with Gasteiger partial charge in [0.05, 0.1) is 0 Å². The Labute approximate surface area is 82.9 Å². The molecule has 0 aromatic heterocycles. The standard InChI is InChI=1S/C8F8/c9-1-2(10)4(12)6(14)8(16)7(15)5(13)3(1)11/b2-1-,3-1?,4-2?,5-3-,6-4-,7-5?,8-6?,8-7-. The molecule has 0 unspecified atom stereocenters. The molecule has 1 aliphatic carbocycles. The highest BCUT2D eigenvalue weighted by Crippen LogP contribution is 2.39. The summed E-state index contributed by atoms with van der Waals surface area (Å²) in [5.74, 6) is -22.4. The molecule has 0 bridgehead atoms. The van der Waals surface area contributed by atoms with Crippen molar-refractivity contribution in [3.05, 3.63) is 46.6 Å². The van der Waals surface area contributed by atoms with Crippen molar-refractivity contribution in [3.63, 3.8) is 0 Å². The molecule has 0 nitrogen and oxygen atoms in total. The van der Waals surface area contributed by atoms with Gasteiger partial charge in [0.1, 0.15) is 0 Å². The zero-order valence-corrected chi connectivity index (χ0v) is 7.02. The molecule has 88 valence electrons. The molecule has 0 atom stereocenters. The lowest BCUT2D eigenvalue weighted by atomic mass is 10.2. The van der Waals surface area contributed by atoms with Crippen molar-refractivity contribution in [3.8, 4) is 0 Å². The van der Waals surface area contributed by atoms with Crippen molar-refractivity contribution >= 4 is 0 Å². The molecule has 0 amide bonds. The predicted octanol–water partition coefficient (Wildman–Crippen LogP) is 4.60. The summed E-state index contributed by atoms with van der Waals surface area (Å²) in [6, 6.07) is 0. The minimum Gasteiger partial charge on any atom is -0.200 e. The lowest BCUT2D eigenvalue weighted by Gasteiger charge is -2.05. The van der Waals surface area contributed by atoms with Crippen LogP contribution in [0.25, 0.3) is 0 Å². The minimum atomic E-state index is -2.80. The summed E-state index contributed by atoms with van der Waals surface area (Å²) in [4.78, 5) is 0. The molecule has 0 aromatic rings. The second-order valence-electron chi connectivity index (χ2n) is 2.51. The SMILES string of the molecule is FC1=C(F)/C(F)=C(F)\C(F)=C(F)/C(F)=C\1F. The number of allylic oxidation sites excluding steroid dienone is 8. The highest BCUT2D eigenvalue weighted by atomic mass is 19.2. The van der Waals surface area contributed by atoms with E-state index in [9.17, 15) is 35.1 Å². The average molecular weight is 248 g/mol. The normalized spacial score (nSPS) is 37.5. The molecule has 8 heteroatoms. The van der Waals surface area contributed by atoms with Crippen LogP contribution in [0.1, 0.15) is 0 Å². The maximum absolute atomic E-state index is 12.5. The Bertz CT molecular complexity index is 314. The summed E-state index contributed by atoms with van der Waals surface area (Å²) in [6.45, 7) is 0. The van der Waals surface area contributed by atoms with Crippen LogP contribution in [0.15, 0.2) is 46.6 Å². The molecule has 0 aliphatic heterocycles. The second-order valence-corrected chi connectivity index (χ2v) is 2.51. The van der Waals surface area contributed by atoms with Crippen LogP contribution in [0.5, 0.6) is 0 Å². The highest BCUT2D eigenvalue weighted by molar-refractivity contribution is 5.46. The van der Waals surface area contributed by atoms with Crippen molar-refractivity contribution in [2.45, 2.75) is 0 Å². The van der Waals surface area contributed by atoms with Crippen LogP contribution in [0.2, 0.25) is 0 Å². The first-order valence-corrected chi connectivity index (χ1v) is 3.51. The summed E-state index contributed by atoms with van der Waals surface area (Å²) >= 11 is 0. The minimum absolute atomic E-state index is 2.80. The van der Waals surface area contributed by atoms with E-state index in [2.05, 4.69) is 0 Å². The Morgan fingerprint density at radius 1 is 0.250 bits per heavy atom. The van der Waals surface area contributed by atoms with E-state index in [1.165, 1.54) is 0 Å². The molecule has 0 aromatic carbocycles. The molecule has 0 heterocycles. The van der Waals surface area contributed by atoms with Crippen molar-refractivity contribution in [1.82, 2.24) is 0 Å². The van der Waals surface area contributed by atoms with Crippen LogP contribution in [0, 0.1) is 0 Å². The Hall–Kier alpha value is -1.60. The van der Waals surface area contributed by atoms with E-state index in [1.54, 1.807) is 0 Å². The van der Waals surface area contributed by atoms with Crippen molar-refractivity contribution in [2.75, 3.05) is 0 Å². The number of halogens is 8. The third kappa shape index (κ3) is 1.74. The molecule has 0 fully saturated rings. The first-order chi connectivity index (χ1) is 7.29. The van der Waals surface area contributed by atoms with E-state index in [0.29, 0.717) is 0 Å². The number of hydrogen-bond acceptors (Lipinski definition) is 0. The molecule has 0 saturated heterocycles. The van der Waals surface area contributed by atoms with Gasteiger partial charge in [-0.05, 0) is 0 Å². The molecular weight excluding hydrogens is 248 g/mol. The first-order valence-electron chi connectivity index (χ1n) is 3.51. The van der Waals surface area contributed by atoms with Crippen LogP contribution in [0.4, 0.5) is 35.1 Å². The summed E-state index contributed by atoms with van der Waals surface area (Å²) in [5, 5.41) is 0. The maximum Gasteiger partial charge on any atom is 0.200 e. The predicted molar refractivity (Wildman–Crippen MR) is 37.0 cm³/mol. The Kier molecular flexibility index (Phi) is 3.20. The summed E-state index contributed by atoms with van der Waals surface area (Å²) in [6.07, 6.45) is 0. The number of hydrogen-bond donors (Lipinski definition) is 0. The summed E-state index contributed by atoms with van der Waals surface area (Å²) in [7, 11) is 0. The van der Waals surface area contributed by atoms with Crippen LogP contribution in [0.3, 0.4) is 0 Å². The van der Waals surface area contributed by atoms with Gasteiger partial charge in [0.2, 0.25) is 46.6 Å². The van der Waals surface area contributed by atoms with Gasteiger partial charge in [-0.2, -0.15) is 0 Å². The molecule has 1 rings (SSSR count). The van der Waals surface area contributed by atoms with E-state index < -0.39 is 46.6 Å². The van der Waals surface area contributed by atoms with Gasteiger partial charge < -0.3 is 0 Å². The fourth-order valence-electron chi connectivity index (χ4n) is 0.771. The van der Waals surface area contributed by atoms with Crippen molar-refractivity contribution < 1.29 is 35.1 Å². The van der Waals surface area contributed by atoms with Gasteiger partial charge in [0, 0.05) is 0 Å². The van der Waals surface area contributed by atoms with Crippen molar-refractivity contribution in [2.24, 2.45) is 0 Å². The van der Waals surface area contributed by atoms with Gasteiger partial charge in [-0.3, -0.25) is 0 Å². The molecule has 16 heavy (non-hydrogen) atoms. The zero-order valence-electron chi connectivity index (χ0n) is 7.02. The van der Waals surface area contributed by atoms with Gasteiger partial charge in [-0.25, -0.2) is 35.1 Å². The Morgan fingerprint density at radius 2 is 0.312 bits per heavy atom. The topological polar surface area (TPSA) is 0 Å². The number of rotatable bonds is 0. The summed E-state index contributed by atoms with van der Waals surface area (Å²) in [5.41, 5.74) is 0. The third-order valence-electron chi connectivity index (χ3n) is 1.54. The smallest absolute Gasteiger partial charge is 0.200 e. The van der Waals surface area contributed by atoms with E-state index in [0.717, 1.165) is 0 Å². The summed E-state index contributed by atoms with van der Waals surface area (Å²) < 4.78 is 99.7. The molecular formula is C8F8. The molecule has 0 N–H and O–H groups in total. The molecule has 0 saturated carbocycles. The molecule has 0 radical (unpaired) electrons.